The lowest BCUT2D eigenvalue weighted by molar-refractivity contribution is 0.545. The Morgan fingerprint density at radius 1 is 0.526 bits per heavy atom. The Morgan fingerprint density at radius 2 is 0.842 bits per heavy atom. The van der Waals surface area contributed by atoms with Crippen LogP contribution in [0, 0.1) is 0 Å². The molecule has 0 rings (SSSR count). The number of hydrogen-bond acceptors (Lipinski definition) is 0. The van der Waals surface area contributed by atoms with Gasteiger partial charge in [0, 0.05) is 3.92 Å². The van der Waals surface area contributed by atoms with Crippen molar-refractivity contribution in [1.82, 2.24) is 0 Å². The summed E-state index contributed by atoms with van der Waals surface area (Å²) in [5.74, 6) is 0. The first-order chi connectivity index (χ1) is 9.31. The van der Waals surface area contributed by atoms with Crippen LogP contribution in [0.15, 0.2) is 0 Å². The van der Waals surface area contributed by atoms with E-state index in [1.165, 1.54) is 96.3 Å². The molecule has 0 aliphatic rings. The summed E-state index contributed by atoms with van der Waals surface area (Å²) in [6.45, 7) is 4.59. The van der Waals surface area contributed by atoms with Gasteiger partial charge in [0.1, 0.15) is 0 Å². The first kappa shape index (κ1) is 19.7. The minimum absolute atomic E-state index is 0.944. The van der Waals surface area contributed by atoms with Crippen molar-refractivity contribution in [2.24, 2.45) is 0 Å². The molecule has 116 valence electrons. The minimum atomic E-state index is 0.944. The summed E-state index contributed by atoms with van der Waals surface area (Å²) in [7, 11) is 0. The highest BCUT2D eigenvalue weighted by Crippen LogP contribution is 2.19. The number of halogens is 1. The monoisotopic (exact) mass is 380 g/mol. The number of hydrogen-bond donors (Lipinski definition) is 0. The van der Waals surface area contributed by atoms with Gasteiger partial charge in [-0.2, -0.15) is 0 Å². The van der Waals surface area contributed by atoms with Crippen molar-refractivity contribution >= 4 is 22.6 Å². The van der Waals surface area contributed by atoms with E-state index in [4.69, 9.17) is 0 Å². The fourth-order valence-corrected chi connectivity index (χ4v) is 3.49. The fourth-order valence-electron chi connectivity index (χ4n) is 2.61. The first-order valence-electron chi connectivity index (χ1n) is 8.95. The second-order valence-electron chi connectivity index (χ2n) is 6.06. The van der Waals surface area contributed by atoms with Gasteiger partial charge in [-0.3, -0.25) is 0 Å². The van der Waals surface area contributed by atoms with Crippen LogP contribution in [0.4, 0.5) is 0 Å². The van der Waals surface area contributed by atoms with Gasteiger partial charge in [-0.05, 0) is 12.8 Å². The van der Waals surface area contributed by atoms with Crippen LogP contribution in [0.2, 0.25) is 0 Å². The van der Waals surface area contributed by atoms with E-state index < -0.39 is 0 Å². The van der Waals surface area contributed by atoms with Crippen LogP contribution < -0.4 is 0 Å². The van der Waals surface area contributed by atoms with E-state index in [1.54, 1.807) is 0 Å². The predicted octanol–water partition coefficient (Wildman–Crippen LogP) is 7.68. The zero-order valence-electron chi connectivity index (χ0n) is 13.6. The summed E-state index contributed by atoms with van der Waals surface area (Å²) in [6.07, 6.45) is 21.7. The average Bonchev–Trinajstić information content (AvgIpc) is 2.41. The molecule has 0 aromatic heterocycles. The zero-order valence-corrected chi connectivity index (χ0v) is 15.7. The molecule has 19 heavy (non-hydrogen) atoms. The largest absolute Gasteiger partial charge is 0.0826 e. The number of alkyl halides is 1. The van der Waals surface area contributed by atoms with Gasteiger partial charge >= 0.3 is 0 Å². The Bertz CT molecular complexity index is 156. The molecule has 0 spiro atoms. The van der Waals surface area contributed by atoms with E-state index in [-0.39, 0.29) is 0 Å². The van der Waals surface area contributed by atoms with Crippen molar-refractivity contribution in [3.63, 3.8) is 0 Å². The van der Waals surface area contributed by atoms with Gasteiger partial charge in [-0.25, -0.2) is 0 Å². The van der Waals surface area contributed by atoms with Gasteiger partial charge in [0.05, 0.1) is 0 Å². The molecule has 0 aliphatic carbocycles. The molecule has 0 amide bonds. The highest BCUT2D eigenvalue weighted by atomic mass is 127. The topological polar surface area (TPSA) is 0 Å². The lowest BCUT2D eigenvalue weighted by Crippen LogP contribution is -1.97. The summed E-state index contributed by atoms with van der Waals surface area (Å²) >= 11 is 2.68. The normalized spacial score (nSPS) is 12.8. The van der Waals surface area contributed by atoms with Crippen molar-refractivity contribution in [2.45, 2.75) is 114 Å². The van der Waals surface area contributed by atoms with Crippen LogP contribution >= 0.6 is 22.6 Å². The highest BCUT2D eigenvalue weighted by Gasteiger charge is 2.03. The Labute approximate surface area is 136 Å². The average molecular weight is 380 g/mol. The SMILES string of the molecule is CCCCCCCCCC(I)CCCCCCCC. The molecule has 0 heterocycles. The quantitative estimate of drug-likeness (QED) is 0.155. The summed E-state index contributed by atoms with van der Waals surface area (Å²) in [5.41, 5.74) is 0. The van der Waals surface area contributed by atoms with E-state index >= 15 is 0 Å². The standard InChI is InChI=1S/C18H37I/c1-3-5-7-9-11-13-15-17-18(19)16-14-12-10-8-6-4-2/h18H,3-17H2,1-2H3. The molecule has 0 fully saturated rings. The van der Waals surface area contributed by atoms with Gasteiger partial charge in [-0.1, -0.05) is 120 Å². The molecule has 0 aliphatic heterocycles. The van der Waals surface area contributed by atoms with Gasteiger partial charge in [0.2, 0.25) is 0 Å². The third-order valence-corrected chi connectivity index (χ3v) is 5.24. The lowest BCUT2D eigenvalue weighted by Gasteiger charge is -2.09. The number of unbranched alkanes of at least 4 members (excludes halogenated alkanes) is 11. The second kappa shape index (κ2) is 16.8. The van der Waals surface area contributed by atoms with Crippen molar-refractivity contribution < 1.29 is 0 Å². The van der Waals surface area contributed by atoms with Gasteiger partial charge in [-0.15, -0.1) is 0 Å². The summed E-state index contributed by atoms with van der Waals surface area (Å²) in [6, 6.07) is 0. The van der Waals surface area contributed by atoms with Gasteiger partial charge in [0.15, 0.2) is 0 Å². The molecule has 0 N–H and O–H groups in total. The van der Waals surface area contributed by atoms with E-state index in [1.807, 2.05) is 0 Å². The van der Waals surface area contributed by atoms with Crippen LogP contribution in [-0.4, -0.2) is 3.92 Å². The molecule has 0 saturated carbocycles. The Morgan fingerprint density at radius 3 is 1.21 bits per heavy atom. The van der Waals surface area contributed by atoms with E-state index in [9.17, 15) is 0 Å². The number of rotatable bonds is 15. The van der Waals surface area contributed by atoms with E-state index in [0.29, 0.717) is 0 Å². The molecule has 0 radical (unpaired) electrons. The summed E-state index contributed by atoms with van der Waals surface area (Å²) < 4.78 is 0.944. The maximum absolute atomic E-state index is 2.68. The van der Waals surface area contributed by atoms with Crippen LogP contribution in [0.1, 0.15) is 110 Å². The molecule has 1 unspecified atom stereocenters. The Kier molecular flexibility index (Phi) is 17.4. The predicted molar refractivity (Wildman–Crippen MR) is 98.4 cm³/mol. The molecule has 0 aromatic carbocycles. The Hall–Kier alpha value is 0.730. The van der Waals surface area contributed by atoms with Crippen LogP contribution in [0.3, 0.4) is 0 Å². The van der Waals surface area contributed by atoms with Gasteiger partial charge in [0.25, 0.3) is 0 Å². The summed E-state index contributed by atoms with van der Waals surface area (Å²) in [4.78, 5) is 0. The van der Waals surface area contributed by atoms with E-state index in [0.717, 1.165) is 3.92 Å². The third-order valence-electron chi connectivity index (χ3n) is 3.99. The second-order valence-corrected chi connectivity index (χ2v) is 7.83. The molecule has 0 nitrogen and oxygen atoms in total. The first-order valence-corrected chi connectivity index (χ1v) is 10.2. The smallest absolute Gasteiger partial charge is 0.0110 e. The molecular weight excluding hydrogens is 343 g/mol. The van der Waals surface area contributed by atoms with Crippen LogP contribution in [0.5, 0.6) is 0 Å². The summed E-state index contributed by atoms with van der Waals surface area (Å²) in [5, 5.41) is 0. The molecule has 0 bridgehead atoms. The maximum Gasteiger partial charge on any atom is 0.0110 e. The highest BCUT2D eigenvalue weighted by molar-refractivity contribution is 14.1. The van der Waals surface area contributed by atoms with Crippen LogP contribution in [0.25, 0.3) is 0 Å². The molecule has 0 aromatic rings. The van der Waals surface area contributed by atoms with E-state index in [2.05, 4.69) is 36.4 Å². The maximum atomic E-state index is 2.68. The van der Waals surface area contributed by atoms with Crippen molar-refractivity contribution in [3.05, 3.63) is 0 Å². The molecule has 1 heteroatoms. The molecule has 1 atom stereocenters. The minimum Gasteiger partial charge on any atom is -0.0826 e. The zero-order chi connectivity index (χ0) is 14.2. The Balaban J connectivity index is 3.10. The molecular formula is C18H37I. The van der Waals surface area contributed by atoms with Crippen molar-refractivity contribution in [2.75, 3.05) is 0 Å². The third kappa shape index (κ3) is 16.7. The van der Waals surface area contributed by atoms with Crippen molar-refractivity contribution in [3.8, 4) is 0 Å². The van der Waals surface area contributed by atoms with Gasteiger partial charge < -0.3 is 0 Å². The fraction of sp³-hybridized carbons (Fsp3) is 1.00. The molecule has 0 saturated heterocycles. The van der Waals surface area contributed by atoms with Crippen molar-refractivity contribution in [1.29, 1.82) is 0 Å². The van der Waals surface area contributed by atoms with Crippen LogP contribution in [-0.2, 0) is 0 Å². The lowest BCUT2D eigenvalue weighted by atomic mass is 10.0.